The second-order valence-electron chi connectivity index (χ2n) is 6.43. The fourth-order valence-corrected chi connectivity index (χ4v) is 4.00. The van der Waals surface area contributed by atoms with Crippen molar-refractivity contribution in [3.63, 3.8) is 0 Å². The molecule has 3 N–H and O–H groups in total. The maximum absolute atomic E-state index is 10.1. The first-order valence-corrected chi connectivity index (χ1v) is 8.91. The molecule has 126 valence electrons. The predicted octanol–water partition coefficient (Wildman–Crippen LogP) is 2.00. The van der Waals surface area contributed by atoms with Crippen molar-refractivity contribution in [1.29, 1.82) is 0 Å². The molecule has 0 bridgehead atoms. The first-order chi connectivity index (χ1) is 11.6. The van der Waals surface area contributed by atoms with Crippen LogP contribution in [0, 0.1) is 0 Å². The summed E-state index contributed by atoms with van der Waals surface area (Å²) in [6.45, 7) is 2.28. The summed E-state index contributed by atoms with van der Waals surface area (Å²) < 4.78 is 0. The predicted molar refractivity (Wildman–Crippen MR) is 92.4 cm³/mol. The van der Waals surface area contributed by atoms with Gasteiger partial charge in [0.15, 0.2) is 5.82 Å². The number of nitrogens with one attached hydrogen (secondary N) is 1. The Labute approximate surface area is 144 Å². The van der Waals surface area contributed by atoms with Gasteiger partial charge in [-0.25, -0.2) is 9.97 Å². The first-order valence-electron chi connectivity index (χ1n) is 8.10. The number of fused-ring (bicyclic) bond motifs is 2. The monoisotopic (exact) mass is 344 g/mol. The minimum Gasteiger partial charge on any atom is -0.393 e. The minimum absolute atomic E-state index is 0.152. The number of nitrogens with zero attached hydrogens (tertiary/aromatic N) is 3. The zero-order valence-electron chi connectivity index (χ0n) is 13.3. The van der Waals surface area contributed by atoms with E-state index in [4.69, 9.17) is 0 Å². The SMILES string of the molecule is OCC1(O)CCN(Cc2ccc3c(c2)Nc2nccnc2S3)CC1. The van der Waals surface area contributed by atoms with E-state index in [1.165, 1.54) is 5.56 Å². The van der Waals surface area contributed by atoms with Gasteiger partial charge >= 0.3 is 0 Å². The summed E-state index contributed by atoms with van der Waals surface area (Å²) in [6.07, 6.45) is 4.63. The summed E-state index contributed by atoms with van der Waals surface area (Å²) in [4.78, 5) is 12.1. The lowest BCUT2D eigenvalue weighted by atomic mass is 9.92. The van der Waals surface area contributed by atoms with Crippen LogP contribution in [-0.4, -0.2) is 50.4 Å². The zero-order valence-corrected chi connectivity index (χ0v) is 14.1. The van der Waals surface area contributed by atoms with Crippen LogP contribution in [0.4, 0.5) is 11.5 Å². The average Bonchev–Trinajstić information content (AvgIpc) is 2.62. The third-order valence-corrected chi connectivity index (χ3v) is 5.72. The van der Waals surface area contributed by atoms with Crippen LogP contribution >= 0.6 is 11.8 Å². The largest absolute Gasteiger partial charge is 0.393 e. The molecule has 2 aliphatic heterocycles. The van der Waals surface area contributed by atoms with Gasteiger partial charge in [0.05, 0.1) is 17.9 Å². The molecule has 1 aromatic carbocycles. The molecule has 7 heteroatoms. The number of aliphatic hydroxyl groups is 2. The van der Waals surface area contributed by atoms with Crippen molar-refractivity contribution >= 4 is 23.3 Å². The molecule has 6 nitrogen and oxygen atoms in total. The first kappa shape index (κ1) is 15.8. The van der Waals surface area contributed by atoms with Crippen molar-refractivity contribution < 1.29 is 10.2 Å². The molecular weight excluding hydrogens is 324 g/mol. The zero-order chi connectivity index (χ0) is 16.6. The Kier molecular flexibility index (Phi) is 4.17. The molecule has 0 saturated carbocycles. The Morgan fingerprint density at radius 1 is 1.21 bits per heavy atom. The van der Waals surface area contributed by atoms with E-state index < -0.39 is 5.60 Å². The van der Waals surface area contributed by atoms with E-state index in [1.807, 2.05) is 0 Å². The van der Waals surface area contributed by atoms with Gasteiger partial charge in [0.2, 0.25) is 0 Å². The molecule has 3 heterocycles. The number of aliphatic hydroxyl groups excluding tert-OH is 1. The third kappa shape index (κ3) is 3.12. The van der Waals surface area contributed by atoms with Gasteiger partial charge in [-0.3, -0.25) is 4.90 Å². The number of hydrogen-bond acceptors (Lipinski definition) is 7. The molecule has 0 radical (unpaired) electrons. The molecule has 0 aliphatic carbocycles. The molecule has 0 amide bonds. The van der Waals surface area contributed by atoms with E-state index in [2.05, 4.69) is 38.4 Å². The lowest BCUT2D eigenvalue weighted by molar-refractivity contribution is -0.0606. The van der Waals surface area contributed by atoms with Crippen LogP contribution in [0.1, 0.15) is 18.4 Å². The molecule has 0 unspecified atom stereocenters. The van der Waals surface area contributed by atoms with Crippen molar-refractivity contribution in [2.45, 2.75) is 34.9 Å². The van der Waals surface area contributed by atoms with Gasteiger partial charge in [-0.05, 0) is 30.5 Å². The van der Waals surface area contributed by atoms with E-state index >= 15 is 0 Å². The third-order valence-electron chi connectivity index (χ3n) is 4.66. The highest BCUT2D eigenvalue weighted by Crippen LogP contribution is 2.42. The highest BCUT2D eigenvalue weighted by Gasteiger charge is 2.31. The van der Waals surface area contributed by atoms with Gasteiger partial charge in [-0.15, -0.1) is 0 Å². The van der Waals surface area contributed by atoms with E-state index in [9.17, 15) is 10.2 Å². The highest BCUT2D eigenvalue weighted by atomic mass is 32.2. The summed E-state index contributed by atoms with van der Waals surface area (Å²) in [6, 6.07) is 6.42. The number of benzene rings is 1. The number of aromatic nitrogens is 2. The molecule has 24 heavy (non-hydrogen) atoms. The fourth-order valence-electron chi connectivity index (χ4n) is 3.12. The lowest BCUT2D eigenvalue weighted by Crippen LogP contribution is -2.46. The van der Waals surface area contributed by atoms with Crippen molar-refractivity contribution in [2.24, 2.45) is 0 Å². The Hall–Kier alpha value is -1.67. The maximum Gasteiger partial charge on any atom is 0.163 e. The van der Waals surface area contributed by atoms with Crippen LogP contribution < -0.4 is 5.32 Å². The second-order valence-corrected chi connectivity index (χ2v) is 7.46. The molecule has 1 fully saturated rings. The van der Waals surface area contributed by atoms with E-state index in [0.29, 0.717) is 12.8 Å². The minimum atomic E-state index is -0.896. The Morgan fingerprint density at radius 3 is 2.79 bits per heavy atom. The van der Waals surface area contributed by atoms with Gasteiger partial charge in [-0.2, -0.15) is 0 Å². The number of likely N-dealkylation sites (tertiary alicyclic amines) is 1. The van der Waals surface area contributed by atoms with Crippen molar-refractivity contribution in [3.8, 4) is 0 Å². The van der Waals surface area contributed by atoms with Crippen LogP contribution in [0.5, 0.6) is 0 Å². The van der Waals surface area contributed by atoms with Gasteiger partial charge < -0.3 is 15.5 Å². The molecular formula is C17H20N4O2S. The molecule has 1 aromatic heterocycles. The summed E-state index contributed by atoms with van der Waals surface area (Å²) in [5.74, 6) is 0.804. The number of rotatable bonds is 3. The molecule has 0 atom stereocenters. The van der Waals surface area contributed by atoms with Crippen molar-refractivity contribution in [2.75, 3.05) is 25.0 Å². The fraction of sp³-hybridized carbons (Fsp3) is 0.412. The molecule has 4 rings (SSSR count). The van der Waals surface area contributed by atoms with Crippen LogP contribution in [0.25, 0.3) is 0 Å². The van der Waals surface area contributed by atoms with Gasteiger partial charge in [-0.1, -0.05) is 17.8 Å². The van der Waals surface area contributed by atoms with E-state index in [1.54, 1.807) is 24.2 Å². The van der Waals surface area contributed by atoms with Crippen molar-refractivity contribution in [3.05, 3.63) is 36.2 Å². The molecule has 2 aromatic rings. The topological polar surface area (TPSA) is 81.5 Å². The van der Waals surface area contributed by atoms with E-state index in [0.717, 1.165) is 41.1 Å². The number of piperidine rings is 1. The Morgan fingerprint density at radius 2 is 2.00 bits per heavy atom. The van der Waals surface area contributed by atoms with Gasteiger partial charge in [0.1, 0.15) is 5.03 Å². The second kappa shape index (κ2) is 6.33. The summed E-state index contributed by atoms with van der Waals surface area (Å²) in [5, 5.41) is 23.6. The normalized spacial score (nSPS) is 19.2. The van der Waals surface area contributed by atoms with Crippen LogP contribution in [0.3, 0.4) is 0 Å². The Balaban J connectivity index is 1.46. The number of anilines is 2. The molecule has 1 saturated heterocycles. The lowest BCUT2D eigenvalue weighted by Gasteiger charge is -2.37. The standard InChI is InChI=1S/C17H20N4O2S/c22-11-17(23)3-7-21(8-4-17)10-12-1-2-14-13(9-12)20-15-16(24-14)19-6-5-18-15/h1-2,5-6,9,22-23H,3-4,7-8,10-11H2,(H,18,20). The summed E-state index contributed by atoms with van der Waals surface area (Å²) in [7, 11) is 0. The van der Waals surface area contributed by atoms with Crippen LogP contribution in [-0.2, 0) is 6.54 Å². The average molecular weight is 344 g/mol. The van der Waals surface area contributed by atoms with Crippen molar-refractivity contribution in [1.82, 2.24) is 14.9 Å². The summed E-state index contributed by atoms with van der Waals surface area (Å²) >= 11 is 1.63. The Bertz CT molecular complexity index is 747. The summed E-state index contributed by atoms with van der Waals surface area (Å²) in [5.41, 5.74) is 1.39. The quantitative estimate of drug-likeness (QED) is 0.670. The van der Waals surface area contributed by atoms with Gasteiger partial charge in [0, 0.05) is 36.9 Å². The van der Waals surface area contributed by atoms with Crippen LogP contribution in [0.2, 0.25) is 0 Å². The van der Waals surface area contributed by atoms with Gasteiger partial charge in [0.25, 0.3) is 0 Å². The van der Waals surface area contributed by atoms with E-state index in [-0.39, 0.29) is 6.61 Å². The maximum atomic E-state index is 10.1. The number of hydrogen-bond donors (Lipinski definition) is 3. The molecule has 2 aliphatic rings. The smallest absolute Gasteiger partial charge is 0.163 e. The van der Waals surface area contributed by atoms with Crippen LogP contribution in [0.15, 0.2) is 40.5 Å². The molecule has 0 spiro atoms. The highest BCUT2D eigenvalue weighted by molar-refractivity contribution is 7.99.